The van der Waals surface area contributed by atoms with Gasteiger partial charge in [0.15, 0.2) is 0 Å². The lowest BCUT2D eigenvalue weighted by Crippen LogP contribution is -2.42. The number of hydrogen-bond acceptors (Lipinski definition) is 5. The van der Waals surface area contributed by atoms with Gasteiger partial charge < -0.3 is 10.5 Å². The highest BCUT2D eigenvalue weighted by molar-refractivity contribution is 7.07. The van der Waals surface area contributed by atoms with Crippen LogP contribution in [-0.2, 0) is 15.1 Å². The predicted molar refractivity (Wildman–Crippen MR) is 84.4 cm³/mol. The molecule has 2 N–H and O–H groups in total. The molecule has 0 unspecified atom stereocenters. The minimum Gasteiger partial charge on any atom is -0.464 e. The molecule has 0 saturated heterocycles. The van der Waals surface area contributed by atoms with Gasteiger partial charge in [0.2, 0.25) is 0 Å². The summed E-state index contributed by atoms with van der Waals surface area (Å²) in [5, 5.41) is 1.74. The van der Waals surface area contributed by atoms with Crippen LogP contribution < -0.4 is 10.6 Å². The molecule has 21 heavy (non-hydrogen) atoms. The summed E-state index contributed by atoms with van der Waals surface area (Å²) >= 11 is 1.06. The second-order valence-electron chi connectivity index (χ2n) is 5.12. The highest BCUT2D eigenvalue weighted by atomic mass is 32.1. The maximum absolute atomic E-state index is 12.2. The van der Waals surface area contributed by atoms with E-state index in [0.717, 1.165) is 16.9 Å². The zero-order valence-electron chi connectivity index (χ0n) is 12.3. The second-order valence-corrected chi connectivity index (χ2v) is 5.94. The maximum Gasteiger partial charge on any atom is 0.331 e. The van der Waals surface area contributed by atoms with E-state index in [1.807, 2.05) is 12.1 Å². The van der Waals surface area contributed by atoms with Crippen molar-refractivity contribution in [3.63, 3.8) is 0 Å². The number of nitrogens with two attached hydrogens (primary N) is 1. The van der Waals surface area contributed by atoms with Crippen LogP contribution in [-0.4, -0.2) is 17.1 Å². The summed E-state index contributed by atoms with van der Waals surface area (Å²) in [5.74, 6) is -0.429. The Morgan fingerprint density at radius 1 is 1.33 bits per heavy atom. The largest absolute Gasteiger partial charge is 0.464 e. The molecule has 0 fully saturated rings. The fourth-order valence-corrected chi connectivity index (χ4v) is 2.98. The van der Waals surface area contributed by atoms with E-state index in [1.54, 1.807) is 38.3 Å². The predicted octanol–water partition coefficient (Wildman–Crippen LogP) is 2.46. The van der Waals surface area contributed by atoms with E-state index in [0.29, 0.717) is 11.4 Å². The van der Waals surface area contributed by atoms with Gasteiger partial charge in [0.25, 0.3) is 0 Å². The molecule has 0 amide bonds. The van der Waals surface area contributed by atoms with Crippen molar-refractivity contribution >= 4 is 23.0 Å². The molecule has 6 heteroatoms. The lowest BCUT2D eigenvalue weighted by molar-refractivity contribution is -0.152. The van der Waals surface area contributed by atoms with Gasteiger partial charge in [-0.05, 0) is 38.5 Å². The Hall–Kier alpha value is -2.08. The van der Waals surface area contributed by atoms with Gasteiger partial charge in [0.05, 0.1) is 12.3 Å². The molecule has 0 aliphatic heterocycles. The van der Waals surface area contributed by atoms with Crippen molar-refractivity contribution in [2.24, 2.45) is 0 Å². The molecule has 2 aromatic rings. The van der Waals surface area contributed by atoms with Gasteiger partial charge in [-0.25, -0.2) is 4.79 Å². The monoisotopic (exact) mass is 306 g/mol. The Labute approximate surface area is 127 Å². The highest BCUT2D eigenvalue weighted by Crippen LogP contribution is 2.27. The summed E-state index contributed by atoms with van der Waals surface area (Å²) in [4.78, 5) is 24.1. The first-order valence-corrected chi connectivity index (χ1v) is 7.50. The van der Waals surface area contributed by atoms with E-state index >= 15 is 0 Å². The average Bonchev–Trinajstić information content (AvgIpc) is 2.82. The average molecular weight is 306 g/mol. The Balaban J connectivity index is 2.55. The summed E-state index contributed by atoms with van der Waals surface area (Å²) < 4.78 is 6.55. The molecule has 1 heterocycles. The van der Waals surface area contributed by atoms with Crippen LogP contribution in [0.15, 0.2) is 34.4 Å². The van der Waals surface area contributed by atoms with Crippen LogP contribution in [0.1, 0.15) is 20.8 Å². The van der Waals surface area contributed by atoms with Crippen molar-refractivity contribution in [1.29, 1.82) is 0 Å². The third-order valence-corrected chi connectivity index (χ3v) is 3.96. The number of ether oxygens (including phenoxy) is 1. The standard InChI is InChI=1S/C15H18N2O3S/c1-4-20-13(18)15(2,3)17-12(9-21-14(17)19)10-5-7-11(16)8-6-10/h5-9H,4,16H2,1-3H3. The quantitative estimate of drug-likeness (QED) is 0.695. The van der Waals surface area contributed by atoms with Crippen LogP contribution in [0.2, 0.25) is 0 Å². The highest BCUT2D eigenvalue weighted by Gasteiger charge is 2.35. The number of hydrogen-bond donors (Lipinski definition) is 1. The molecular weight excluding hydrogens is 288 g/mol. The number of carbonyl (C=O) groups is 1. The Morgan fingerprint density at radius 3 is 2.52 bits per heavy atom. The molecule has 0 spiro atoms. The number of anilines is 1. The van der Waals surface area contributed by atoms with Gasteiger partial charge in [-0.1, -0.05) is 23.5 Å². The van der Waals surface area contributed by atoms with Gasteiger partial charge in [-0.15, -0.1) is 0 Å². The molecule has 1 aromatic heterocycles. The van der Waals surface area contributed by atoms with Crippen LogP contribution in [0.5, 0.6) is 0 Å². The van der Waals surface area contributed by atoms with Crippen LogP contribution in [0.3, 0.4) is 0 Å². The zero-order valence-corrected chi connectivity index (χ0v) is 13.1. The van der Waals surface area contributed by atoms with Crippen molar-refractivity contribution in [2.75, 3.05) is 12.3 Å². The minimum absolute atomic E-state index is 0.195. The molecule has 1 aromatic carbocycles. The summed E-state index contributed by atoms with van der Waals surface area (Å²) in [5.41, 5.74) is 6.78. The first kappa shape index (κ1) is 15.3. The van der Waals surface area contributed by atoms with Gasteiger partial charge >= 0.3 is 10.8 Å². The summed E-state index contributed by atoms with van der Waals surface area (Å²) in [7, 11) is 0. The molecule has 5 nitrogen and oxygen atoms in total. The Kier molecular flexibility index (Phi) is 4.18. The fourth-order valence-electron chi connectivity index (χ4n) is 2.09. The molecule has 0 bridgehead atoms. The van der Waals surface area contributed by atoms with E-state index in [2.05, 4.69) is 0 Å². The number of nitrogens with zero attached hydrogens (tertiary/aromatic N) is 1. The number of rotatable bonds is 4. The SMILES string of the molecule is CCOC(=O)C(C)(C)n1c(-c2ccc(N)cc2)csc1=O. The molecular formula is C15H18N2O3S. The number of benzene rings is 1. The Morgan fingerprint density at radius 2 is 1.95 bits per heavy atom. The molecule has 0 aliphatic rings. The first-order chi connectivity index (χ1) is 9.87. The topological polar surface area (TPSA) is 74.3 Å². The van der Waals surface area contributed by atoms with Crippen molar-refractivity contribution in [1.82, 2.24) is 4.57 Å². The van der Waals surface area contributed by atoms with E-state index in [1.165, 1.54) is 4.57 Å². The molecule has 0 saturated carbocycles. The summed E-state index contributed by atoms with van der Waals surface area (Å²) in [6, 6.07) is 7.18. The lowest BCUT2D eigenvalue weighted by Gasteiger charge is -2.25. The van der Waals surface area contributed by atoms with Gasteiger partial charge in [0.1, 0.15) is 5.54 Å². The van der Waals surface area contributed by atoms with Crippen molar-refractivity contribution in [3.05, 3.63) is 39.3 Å². The minimum atomic E-state index is -1.07. The molecule has 2 rings (SSSR count). The Bertz CT molecular complexity index is 698. The number of esters is 1. The third-order valence-electron chi connectivity index (χ3n) is 3.24. The van der Waals surface area contributed by atoms with Gasteiger partial charge in [0, 0.05) is 11.1 Å². The normalized spacial score (nSPS) is 11.4. The van der Waals surface area contributed by atoms with Crippen LogP contribution >= 0.6 is 11.3 Å². The first-order valence-electron chi connectivity index (χ1n) is 6.62. The van der Waals surface area contributed by atoms with Crippen LogP contribution in [0, 0.1) is 0 Å². The molecule has 0 atom stereocenters. The smallest absolute Gasteiger partial charge is 0.331 e. The zero-order chi connectivity index (χ0) is 15.6. The maximum atomic E-state index is 12.2. The summed E-state index contributed by atoms with van der Waals surface area (Å²) in [6.45, 7) is 5.38. The number of aromatic nitrogens is 1. The van der Waals surface area contributed by atoms with Crippen molar-refractivity contribution < 1.29 is 9.53 Å². The molecule has 112 valence electrons. The number of thiazole rings is 1. The lowest BCUT2D eigenvalue weighted by atomic mass is 10.0. The number of carbonyl (C=O) groups excluding carboxylic acids is 1. The second kappa shape index (κ2) is 5.73. The molecule has 0 aliphatic carbocycles. The molecule has 0 radical (unpaired) electrons. The van der Waals surface area contributed by atoms with Crippen molar-refractivity contribution in [3.8, 4) is 11.3 Å². The summed E-state index contributed by atoms with van der Waals surface area (Å²) in [6.07, 6.45) is 0. The van der Waals surface area contributed by atoms with Crippen LogP contribution in [0.25, 0.3) is 11.3 Å². The van der Waals surface area contributed by atoms with Crippen LogP contribution in [0.4, 0.5) is 5.69 Å². The van der Waals surface area contributed by atoms with E-state index < -0.39 is 11.5 Å². The van der Waals surface area contributed by atoms with E-state index in [9.17, 15) is 9.59 Å². The van der Waals surface area contributed by atoms with E-state index in [-0.39, 0.29) is 11.5 Å². The number of nitrogen functional groups attached to an aromatic ring is 1. The van der Waals surface area contributed by atoms with Crippen molar-refractivity contribution in [2.45, 2.75) is 26.3 Å². The van der Waals surface area contributed by atoms with Gasteiger partial charge in [-0.2, -0.15) is 0 Å². The third kappa shape index (κ3) is 2.85. The van der Waals surface area contributed by atoms with E-state index in [4.69, 9.17) is 10.5 Å². The van der Waals surface area contributed by atoms with Gasteiger partial charge in [-0.3, -0.25) is 9.36 Å². The fraction of sp³-hybridized carbons (Fsp3) is 0.333.